The molecule has 2 aromatic heterocycles. The van der Waals surface area contributed by atoms with Crippen molar-refractivity contribution in [1.82, 2.24) is 24.2 Å². The Morgan fingerprint density at radius 1 is 1.06 bits per heavy atom. The van der Waals surface area contributed by atoms with E-state index in [0.717, 1.165) is 40.9 Å². The van der Waals surface area contributed by atoms with Crippen LogP contribution >= 0.6 is 0 Å². The van der Waals surface area contributed by atoms with Crippen LogP contribution in [0.5, 0.6) is 0 Å². The molecule has 2 aliphatic rings. The molecular formula is C27H30N6O. The van der Waals surface area contributed by atoms with Gasteiger partial charge in [0.2, 0.25) is 5.82 Å². The maximum atomic E-state index is 11.4. The normalized spacial score (nSPS) is 22.5. The largest absolute Gasteiger partial charge is 0.363 e. The second-order valence-corrected chi connectivity index (χ2v) is 10.1. The summed E-state index contributed by atoms with van der Waals surface area (Å²) in [6, 6.07) is 17.6. The van der Waals surface area contributed by atoms with Gasteiger partial charge in [-0.2, -0.15) is 0 Å². The number of fused-ring (bicyclic) bond motifs is 2. The molecule has 6 rings (SSSR count). The molecule has 0 unspecified atom stereocenters. The van der Waals surface area contributed by atoms with E-state index in [1.165, 1.54) is 37.1 Å². The van der Waals surface area contributed by atoms with E-state index in [-0.39, 0.29) is 5.82 Å². The first-order chi connectivity index (χ1) is 16.4. The molecule has 0 radical (unpaired) electrons. The van der Waals surface area contributed by atoms with Crippen molar-refractivity contribution in [2.45, 2.75) is 32.2 Å². The van der Waals surface area contributed by atoms with Crippen LogP contribution in [0, 0.1) is 18.8 Å². The van der Waals surface area contributed by atoms with Crippen molar-refractivity contribution in [3.63, 3.8) is 0 Å². The molecule has 2 fully saturated rings. The second-order valence-electron chi connectivity index (χ2n) is 10.1. The summed E-state index contributed by atoms with van der Waals surface area (Å²) in [5, 5.41) is 5.36. The molecule has 2 N–H and O–H groups in total. The molecule has 2 aromatic carbocycles. The van der Waals surface area contributed by atoms with Gasteiger partial charge in [0, 0.05) is 36.7 Å². The molecule has 1 aliphatic carbocycles. The van der Waals surface area contributed by atoms with Crippen molar-refractivity contribution in [3.8, 4) is 5.69 Å². The number of carbonyl (C=O) groups is 1. The van der Waals surface area contributed by atoms with Gasteiger partial charge in [0.1, 0.15) is 5.82 Å². The summed E-state index contributed by atoms with van der Waals surface area (Å²) in [4.78, 5) is 18.1. The summed E-state index contributed by atoms with van der Waals surface area (Å²) in [6.07, 6.45) is 4.80. The van der Waals surface area contributed by atoms with Crippen molar-refractivity contribution in [2.75, 3.05) is 20.1 Å². The lowest BCUT2D eigenvalue weighted by atomic mass is 9.95. The molecule has 1 aliphatic heterocycles. The van der Waals surface area contributed by atoms with Crippen LogP contribution in [0.4, 0.5) is 0 Å². The van der Waals surface area contributed by atoms with Gasteiger partial charge < -0.3 is 15.2 Å². The fourth-order valence-electron chi connectivity index (χ4n) is 6.09. The Balaban J connectivity index is 1.19. The first kappa shape index (κ1) is 21.1. The van der Waals surface area contributed by atoms with Gasteiger partial charge in [-0.25, -0.2) is 9.67 Å². The zero-order valence-electron chi connectivity index (χ0n) is 19.7. The maximum Gasteiger partial charge on any atom is 0.288 e. The maximum absolute atomic E-state index is 11.4. The molecule has 7 nitrogen and oxygen atoms in total. The van der Waals surface area contributed by atoms with Crippen LogP contribution in [0.1, 0.15) is 46.3 Å². The summed E-state index contributed by atoms with van der Waals surface area (Å²) >= 11 is 0. The predicted molar refractivity (Wildman–Crippen MR) is 132 cm³/mol. The number of benzene rings is 2. The van der Waals surface area contributed by atoms with E-state index >= 15 is 0 Å². The molecule has 34 heavy (non-hydrogen) atoms. The summed E-state index contributed by atoms with van der Waals surface area (Å²) in [5.74, 6) is 2.53. The Labute approximate surface area is 199 Å². The standard InChI is InChI=1S/C27H30N6O/c1-17-29-27(26(28)34)30-33(17)24-7-8-25-20(13-24)9-10-32(25)14-18-3-5-19(6-4-18)21-11-22-15-31(2)16-23(22)12-21/h3-10,13,21-23H,11-12,14-16H2,1-2H3,(H2,28,34)/t21-,22+,23-. The number of hydrogen-bond acceptors (Lipinski definition) is 4. The first-order valence-electron chi connectivity index (χ1n) is 12.0. The SMILES string of the molecule is Cc1nc(C(N)=O)nn1-c1ccc2c(ccn2Cc2ccc([C@H]3C[C@@H]4CN(C)C[C@@H]4C3)cc2)c1. The minimum absolute atomic E-state index is 0.0340. The average molecular weight is 455 g/mol. The third-order valence-corrected chi connectivity index (χ3v) is 7.73. The highest BCUT2D eigenvalue weighted by Gasteiger charge is 2.39. The van der Waals surface area contributed by atoms with Gasteiger partial charge in [0.25, 0.3) is 5.91 Å². The summed E-state index contributed by atoms with van der Waals surface area (Å²) in [7, 11) is 2.25. The topological polar surface area (TPSA) is 82.0 Å². The molecule has 1 amide bonds. The number of aromatic nitrogens is 4. The molecule has 3 atom stereocenters. The molecule has 0 bridgehead atoms. The van der Waals surface area contributed by atoms with Crippen LogP contribution in [-0.4, -0.2) is 50.3 Å². The number of amides is 1. The molecule has 7 heteroatoms. The zero-order chi connectivity index (χ0) is 23.4. The molecule has 1 saturated carbocycles. The Hall–Kier alpha value is -3.45. The third kappa shape index (κ3) is 3.70. The number of hydrogen-bond donors (Lipinski definition) is 1. The minimum Gasteiger partial charge on any atom is -0.363 e. The number of rotatable bonds is 5. The number of likely N-dealkylation sites (tertiary alicyclic amines) is 1. The van der Waals surface area contributed by atoms with Crippen molar-refractivity contribution in [1.29, 1.82) is 0 Å². The highest BCUT2D eigenvalue weighted by atomic mass is 16.1. The number of aryl methyl sites for hydroxylation is 1. The second kappa shape index (κ2) is 8.09. The average Bonchev–Trinajstić information content (AvgIpc) is 3.57. The van der Waals surface area contributed by atoms with E-state index in [1.54, 1.807) is 4.68 Å². The Morgan fingerprint density at radius 3 is 2.47 bits per heavy atom. The quantitative estimate of drug-likeness (QED) is 0.498. The number of primary amides is 1. The van der Waals surface area contributed by atoms with Crippen molar-refractivity contribution in [3.05, 3.63) is 77.5 Å². The summed E-state index contributed by atoms with van der Waals surface area (Å²) in [6.45, 7) is 5.18. The van der Waals surface area contributed by atoms with E-state index in [1.807, 2.05) is 13.0 Å². The first-order valence-corrected chi connectivity index (χ1v) is 12.0. The molecule has 4 aromatic rings. The number of nitrogens with two attached hydrogens (primary N) is 1. The monoisotopic (exact) mass is 454 g/mol. The van der Waals surface area contributed by atoms with Gasteiger partial charge in [-0.05, 0) is 80.0 Å². The van der Waals surface area contributed by atoms with E-state index in [9.17, 15) is 4.79 Å². The van der Waals surface area contributed by atoms with Gasteiger partial charge in [0.15, 0.2) is 0 Å². The molecular weight excluding hydrogens is 424 g/mol. The van der Waals surface area contributed by atoms with Gasteiger partial charge in [-0.15, -0.1) is 5.10 Å². The fraction of sp³-hybridized carbons (Fsp3) is 0.370. The molecule has 174 valence electrons. The van der Waals surface area contributed by atoms with Gasteiger partial charge in [-0.1, -0.05) is 24.3 Å². The van der Waals surface area contributed by atoms with Crippen LogP contribution < -0.4 is 5.73 Å². The minimum atomic E-state index is -0.622. The van der Waals surface area contributed by atoms with Gasteiger partial charge in [0.05, 0.1) is 5.69 Å². The van der Waals surface area contributed by atoms with Crippen LogP contribution in [0.2, 0.25) is 0 Å². The molecule has 3 heterocycles. The van der Waals surface area contributed by atoms with E-state index in [4.69, 9.17) is 5.73 Å². The smallest absolute Gasteiger partial charge is 0.288 e. The highest BCUT2D eigenvalue weighted by Crippen LogP contribution is 2.45. The highest BCUT2D eigenvalue weighted by molar-refractivity contribution is 5.88. The van der Waals surface area contributed by atoms with Gasteiger partial charge >= 0.3 is 0 Å². The number of nitrogens with zero attached hydrogens (tertiary/aromatic N) is 5. The predicted octanol–water partition coefficient (Wildman–Crippen LogP) is 3.73. The molecule has 0 spiro atoms. The summed E-state index contributed by atoms with van der Waals surface area (Å²) in [5.41, 5.74) is 10.2. The van der Waals surface area contributed by atoms with Crippen molar-refractivity contribution < 1.29 is 4.79 Å². The molecule has 1 saturated heterocycles. The van der Waals surface area contributed by atoms with E-state index in [2.05, 4.69) is 75.3 Å². The Kier molecular flexibility index (Phi) is 5.03. The van der Waals surface area contributed by atoms with Crippen molar-refractivity contribution in [2.24, 2.45) is 17.6 Å². The third-order valence-electron chi connectivity index (χ3n) is 7.73. The van der Waals surface area contributed by atoms with E-state index < -0.39 is 5.91 Å². The zero-order valence-corrected chi connectivity index (χ0v) is 19.7. The van der Waals surface area contributed by atoms with Crippen LogP contribution in [0.3, 0.4) is 0 Å². The van der Waals surface area contributed by atoms with Crippen LogP contribution in [0.15, 0.2) is 54.7 Å². The van der Waals surface area contributed by atoms with Crippen molar-refractivity contribution >= 4 is 16.8 Å². The van der Waals surface area contributed by atoms with E-state index in [0.29, 0.717) is 5.82 Å². The lowest BCUT2D eigenvalue weighted by molar-refractivity contribution is 0.0990. The lowest BCUT2D eigenvalue weighted by Gasteiger charge is -2.15. The lowest BCUT2D eigenvalue weighted by Crippen LogP contribution is -2.16. The van der Waals surface area contributed by atoms with Crippen LogP contribution in [0.25, 0.3) is 16.6 Å². The van der Waals surface area contributed by atoms with Crippen LogP contribution in [-0.2, 0) is 6.54 Å². The Morgan fingerprint density at radius 2 is 1.79 bits per heavy atom. The summed E-state index contributed by atoms with van der Waals surface area (Å²) < 4.78 is 3.93. The Bertz CT molecular complexity index is 1350. The number of carbonyl (C=O) groups excluding carboxylic acids is 1. The van der Waals surface area contributed by atoms with Gasteiger partial charge in [-0.3, -0.25) is 4.79 Å². The fourth-order valence-corrected chi connectivity index (χ4v) is 6.09.